The van der Waals surface area contributed by atoms with Crippen molar-refractivity contribution in [3.05, 3.63) is 41.2 Å². The number of nitrogens with zero attached hydrogens (tertiary/aromatic N) is 5. The molecule has 5 rings (SSSR count). The molecule has 2 aliphatic rings. The lowest BCUT2D eigenvalue weighted by Crippen LogP contribution is -2.17. The monoisotopic (exact) mass is 417 g/mol. The molecule has 9 heteroatoms. The van der Waals surface area contributed by atoms with Crippen molar-refractivity contribution in [1.82, 2.24) is 19.7 Å². The van der Waals surface area contributed by atoms with E-state index in [-0.39, 0.29) is 5.91 Å². The van der Waals surface area contributed by atoms with Gasteiger partial charge in [-0.3, -0.25) is 9.48 Å². The first-order valence-corrected chi connectivity index (χ1v) is 10.5. The van der Waals surface area contributed by atoms with Crippen molar-refractivity contribution in [2.75, 3.05) is 30.9 Å². The van der Waals surface area contributed by atoms with E-state index in [9.17, 15) is 10.1 Å². The Labute approximate surface area is 179 Å². The molecule has 3 heterocycles. The maximum Gasteiger partial charge on any atom is 0.238 e. The molecule has 1 fully saturated rings. The Bertz CT molecular complexity index is 1190. The Morgan fingerprint density at radius 2 is 2.16 bits per heavy atom. The Kier molecular flexibility index (Phi) is 5.00. The first-order valence-electron chi connectivity index (χ1n) is 10.5. The third-order valence-corrected chi connectivity index (χ3v) is 6.00. The zero-order valence-electron chi connectivity index (χ0n) is 17.3. The second-order valence-corrected chi connectivity index (χ2v) is 7.97. The number of carbonyl (C=O) groups is 1. The second-order valence-electron chi connectivity index (χ2n) is 7.97. The van der Waals surface area contributed by atoms with Crippen molar-refractivity contribution in [2.45, 2.75) is 37.6 Å². The van der Waals surface area contributed by atoms with Crippen LogP contribution in [0.25, 0.3) is 11.0 Å². The number of fused-ring (bicyclic) bond motifs is 2. The molecule has 1 aliphatic carbocycles. The van der Waals surface area contributed by atoms with E-state index in [2.05, 4.69) is 21.7 Å². The fourth-order valence-electron chi connectivity index (χ4n) is 4.47. The zero-order chi connectivity index (χ0) is 21.4. The van der Waals surface area contributed by atoms with Crippen molar-refractivity contribution < 1.29 is 9.53 Å². The van der Waals surface area contributed by atoms with Crippen LogP contribution in [0.2, 0.25) is 0 Å². The van der Waals surface area contributed by atoms with Gasteiger partial charge in [-0.1, -0.05) is 12.8 Å². The van der Waals surface area contributed by atoms with Crippen LogP contribution in [0.1, 0.15) is 54.5 Å². The number of rotatable bonds is 6. The minimum Gasteiger partial charge on any atom is -0.383 e. The van der Waals surface area contributed by atoms with Gasteiger partial charge in [-0.05, 0) is 36.6 Å². The summed E-state index contributed by atoms with van der Waals surface area (Å²) in [5, 5.41) is 20.9. The van der Waals surface area contributed by atoms with Crippen LogP contribution >= 0.6 is 0 Å². The standard InChI is InChI=1S/C22H23N7O2/c1-31-9-8-24-22-26-19(16-12-29(28-20(16)27-22)14-4-2-3-5-14)18-15-10-13(11-23)6-7-17(15)25-21(18)30/h6-7,10,12,14,18H,2-5,8-9H2,1H3,(H,25,30)(H,24,27,28). The molecule has 0 spiro atoms. The largest absolute Gasteiger partial charge is 0.383 e. The van der Waals surface area contributed by atoms with Crippen LogP contribution in [-0.2, 0) is 9.53 Å². The summed E-state index contributed by atoms with van der Waals surface area (Å²) in [4.78, 5) is 22.3. The molecule has 9 nitrogen and oxygen atoms in total. The number of benzene rings is 1. The molecule has 1 amide bonds. The topological polar surface area (TPSA) is 118 Å². The highest BCUT2D eigenvalue weighted by molar-refractivity contribution is 6.06. The third-order valence-electron chi connectivity index (χ3n) is 6.00. The molecule has 158 valence electrons. The minimum atomic E-state index is -0.627. The van der Waals surface area contributed by atoms with Crippen molar-refractivity contribution in [3.63, 3.8) is 0 Å². The van der Waals surface area contributed by atoms with E-state index in [4.69, 9.17) is 14.8 Å². The summed E-state index contributed by atoms with van der Waals surface area (Å²) in [5.41, 5.74) is 3.12. The number of carbonyl (C=O) groups excluding carboxylic acids is 1. The number of hydrogen-bond donors (Lipinski definition) is 2. The summed E-state index contributed by atoms with van der Waals surface area (Å²) < 4.78 is 7.09. The Hall–Kier alpha value is -3.51. The molecule has 3 aromatic rings. The highest BCUT2D eigenvalue weighted by Gasteiger charge is 2.36. The van der Waals surface area contributed by atoms with Crippen molar-refractivity contribution in [3.8, 4) is 6.07 Å². The molecule has 1 atom stereocenters. The molecule has 2 N–H and O–H groups in total. The molecular formula is C22H23N7O2. The Balaban J connectivity index is 1.64. The van der Waals surface area contributed by atoms with E-state index in [1.165, 1.54) is 12.8 Å². The van der Waals surface area contributed by atoms with Gasteiger partial charge in [-0.2, -0.15) is 15.3 Å². The van der Waals surface area contributed by atoms with Gasteiger partial charge in [0.2, 0.25) is 11.9 Å². The lowest BCUT2D eigenvalue weighted by molar-refractivity contribution is -0.116. The van der Waals surface area contributed by atoms with Gasteiger partial charge < -0.3 is 15.4 Å². The van der Waals surface area contributed by atoms with Crippen LogP contribution in [0, 0.1) is 11.3 Å². The smallest absolute Gasteiger partial charge is 0.238 e. The maximum absolute atomic E-state index is 13.0. The maximum atomic E-state index is 13.0. The molecule has 1 saturated carbocycles. The van der Waals surface area contributed by atoms with Crippen LogP contribution < -0.4 is 10.6 Å². The molecule has 0 bridgehead atoms. The first-order chi connectivity index (χ1) is 15.2. The predicted octanol–water partition coefficient (Wildman–Crippen LogP) is 2.96. The number of aromatic nitrogens is 4. The quantitative estimate of drug-likeness (QED) is 0.592. The molecular weight excluding hydrogens is 394 g/mol. The van der Waals surface area contributed by atoms with Gasteiger partial charge >= 0.3 is 0 Å². The first kappa shape index (κ1) is 19.5. The van der Waals surface area contributed by atoms with Crippen molar-refractivity contribution >= 4 is 28.6 Å². The Morgan fingerprint density at radius 3 is 2.94 bits per heavy atom. The van der Waals surface area contributed by atoms with E-state index in [1.807, 2.05) is 10.9 Å². The second kappa shape index (κ2) is 7.96. The van der Waals surface area contributed by atoms with Crippen LogP contribution in [0.3, 0.4) is 0 Å². The fourth-order valence-corrected chi connectivity index (χ4v) is 4.47. The van der Waals surface area contributed by atoms with E-state index >= 15 is 0 Å². The lowest BCUT2D eigenvalue weighted by atomic mass is 9.94. The average molecular weight is 417 g/mol. The average Bonchev–Trinajstić information content (AvgIpc) is 3.50. The molecule has 1 aliphatic heterocycles. The van der Waals surface area contributed by atoms with Crippen LogP contribution in [-0.4, -0.2) is 45.9 Å². The molecule has 31 heavy (non-hydrogen) atoms. The summed E-state index contributed by atoms with van der Waals surface area (Å²) in [6.07, 6.45) is 6.54. The summed E-state index contributed by atoms with van der Waals surface area (Å²) in [6, 6.07) is 7.73. The molecule has 2 aromatic heterocycles. The fraction of sp³-hybridized carbons (Fsp3) is 0.409. The van der Waals surface area contributed by atoms with Crippen LogP contribution in [0.4, 0.5) is 11.6 Å². The SMILES string of the molecule is COCCNc1nc(C2C(=O)Nc3ccc(C#N)cc32)c2cn(C3CCCC3)nc2n1. The van der Waals surface area contributed by atoms with Gasteiger partial charge in [0.1, 0.15) is 5.92 Å². The Morgan fingerprint density at radius 1 is 1.32 bits per heavy atom. The van der Waals surface area contributed by atoms with Crippen LogP contribution in [0.15, 0.2) is 24.4 Å². The van der Waals surface area contributed by atoms with Crippen molar-refractivity contribution in [1.29, 1.82) is 5.26 Å². The number of nitrogens with one attached hydrogen (secondary N) is 2. The van der Waals surface area contributed by atoms with Gasteiger partial charge in [0.25, 0.3) is 0 Å². The van der Waals surface area contributed by atoms with Crippen molar-refractivity contribution in [2.24, 2.45) is 0 Å². The zero-order valence-corrected chi connectivity index (χ0v) is 17.3. The third kappa shape index (κ3) is 3.49. The predicted molar refractivity (Wildman–Crippen MR) is 115 cm³/mol. The number of nitriles is 1. The van der Waals surface area contributed by atoms with Gasteiger partial charge in [-0.15, -0.1) is 0 Å². The van der Waals surface area contributed by atoms with Gasteiger partial charge in [0.05, 0.1) is 35.4 Å². The molecule has 0 saturated heterocycles. The molecule has 1 unspecified atom stereocenters. The number of anilines is 2. The van der Waals surface area contributed by atoms with Crippen LogP contribution in [0.5, 0.6) is 0 Å². The summed E-state index contributed by atoms with van der Waals surface area (Å²) in [6.45, 7) is 1.04. The molecule has 0 radical (unpaired) electrons. The highest BCUT2D eigenvalue weighted by Crippen LogP contribution is 2.40. The van der Waals surface area contributed by atoms with E-state index in [0.29, 0.717) is 47.7 Å². The summed E-state index contributed by atoms with van der Waals surface area (Å²) in [5.74, 6) is -0.381. The van der Waals surface area contributed by atoms with E-state index < -0.39 is 5.92 Å². The highest BCUT2D eigenvalue weighted by atomic mass is 16.5. The number of hydrogen-bond acceptors (Lipinski definition) is 7. The number of amides is 1. The van der Waals surface area contributed by atoms with Gasteiger partial charge in [-0.25, -0.2) is 4.98 Å². The minimum absolute atomic E-state index is 0.165. The van der Waals surface area contributed by atoms with Gasteiger partial charge in [0, 0.05) is 25.5 Å². The normalized spacial score (nSPS) is 18.2. The lowest BCUT2D eigenvalue weighted by Gasteiger charge is -2.12. The van der Waals surface area contributed by atoms with E-state index in [0.717, 1.165) is 23.8 Å². The summed E-state index contributed by atoms with van der Waals surface area (Å²) >= 11 is 0. The number of ether oxygens (including phenoxy) is 1. The number of methoxy groups -OCH3 is 1. The van der Waals surface area contributed by atoms with Gasteiger partial charge in [0.15, 0.2) is 5.65 Å². The summed E-state index contributed by atoms with van der Waals surface area (Å²) in [7, 11) is 1.63. The molecule has 1 aromatic carbocycles. The van der Waals surface area contributed by atoms with E-state index in [1.54, 1.807) is 25.3 Å².